The third-order valence-electron chi connectivity index (χ3n) is 3.90. The maximum atomic E-state index is 13.9. The fourth-order valence-electron chi connectivity index (χ4n) is 2.47. The second-order valence-electron chi connectivity index (χ2n) is 5.51. The summed E-state index contributed by atoms with van der Waals surface area (Å²) in [5, 5.41) is 11.0. The maximum Gasteiger partial charge on any atom is 0.305 e. The summed E-state index contributed by atoms with van der Waals surface area (Å²) in [7, 11) is 0. The molecule has 2 aromatic carbocycles. The number of aliphatic hydroxyl groups is 1. The van der Waals surface area contributed by atoms with Crippen molar-refractivity contribution in [2.45, 2.75) is 32.0 Å². The van der Waals surface area contributed by atoms with Gasteiger partial charge in [0, 0.05) is 6.42 Å². The summed E-state index contributed by atoms with van der Waals surface area (Å²) in [6.07, 6.45) is -1.04. The van der Waals surface area contributed by atoms with Gasteiger partial charge in [-0.15, -0.1) is 0 Å². The summed E-state index contributed by atoms with van der Waals surface area (Å²) in [6, 6.07) is 7.33. The molecule has 0 aromatic heterocycles. The highest BCUT2D eigenvalue weighted by Gasteiger charge is 2.41. The van der Waals surface area contributed by atoms with Crippen molar-refractivity contribution in [2.24, 2.45) is 0 Å². The average molecular weight is 389 g/mol. The van der Waals surface area contributed by atoms with Gasteiger partial charge >= 0.3 is 5.97 Å². The van der Waals surface area contributed by atoms with Crippen LogP contribution in [0.25, 0.3) is 0 Å². The van der Waals surface area contributed by atoms with E-state index in [2.05, 4.69) is 0 Å². The van der Waals surface area contributed by atoms with Crippen LogP contribution in [0.4, 0.5) is 8.78 Å². The monoisotopic (exact) mass is 388 g/mol. The second-order valence-corrected chi connectivity index (χ2v) is 6.32. The number of halogens is 4. The van der Waals surface area contributed by atoms with Crippen LogP contribution in [0.3, 0.4) is 0 Å². The fourth-order valence-corrected chi connectivity index (χ4v) is 2.70. The van der Waals surface area contributed by atoms with E-state index < -0.39 is 29.3 Å². The van der Waals surface area contributed by atoms with Crippen molar-refractivity contribution in [3.05, 3.63) is 69.2 Å². The van der Waals surface area contributed by atoms with E-state index in [1.165, 1.54) is 31.2 Å². The molecule has 0 fully saturated rings. The smallest absolute Gasteiger partial charge is 0.305 e. The lowest BCUT2D eigenvalue weighted by Gasteiger charge is -2.35. The average Bonchev–Trinajstić information content (AvgIpc) is 2.58. The maximum absolute atomic E-state index is 13.9. The van der Waals surface area contributed by atoms with Crippen LogP contribution in [0, 0.1) is 11.6 Å². The molecule has 1 atom stereocenters. The number of hydrogen-bond acceptors (Lipinski definition) is 3. The molecule has 0 heterocycles. The predicted octanol–water partition coefficient (Wildman–Crippen LogP) is 4.85. The van der Waals surface area contributed by atoms with Crippen molar-refractivity contribution in [1.29, 1.82) is 0 Å². The Morgan fingerprint density at radius 2 is 1.56 bits per heavy atom. The largest absolute Gasteiger partial charge is 0.459 e. The topological polar surface area (TPSA) is 46.5 Å². The Balaban J connectivity index is 2.62. The molecule has 0 aliphatic carbocycles. The zero-order valence-corrected chi connectivity index (χ0v) is 15.0. The molecule has 3 nitrogen and oxygen atoms in total. The Morgan fingerprint density at radius 3 is 1.92 bits per heavy atom. The van der Waals surface area contributed by atoms with Crippen molar-refractivity contribution in [3.63, 3.8) is 0 Å². The van der Waals surface area contributed by atoms with Crippen LogP contribution >= 0.6 is 23.2 Å². The molecule has 0 aliphatic heterocycles. The van der Waals surface area contributed by atoms with E-state index in [1.54, 1.807) is 6.92 Å². The number of benzene rings is 2. The van der Waals surface area contributed by atoms with Crippen LogP contribution in [0.2, 0.25) is 10.0 Å². The Hall–Kier alpha value is -1.69. The van der Waals surface area contributed by atoms with Gasteiger partial charge in [0.2, 0.25) is 0 Å². The Bertz CT molecular complexity index is 744. The molecule has 2 aromatic rings. The predicted molar refractivity (Wildman–Crippen MR) is 91.7 cm³/mol. The highest BCUT2D eigenvalue weighted by molar-refractivity contribution is 6.31. The van der Waals surface area contributed by atoms with Crippen molar-refractivity contribution >= 4 is 29.2 Å². The van der Waals surface area contributed by atoms with E-state index in [1.807, 2.05) is 0 Å². The summed E-state index contributed by atoms with van der Waals surface area (Å²) in [5.74, 6) is -2.09. The van der Waals surface area contributed by atoms with Gasteiger partial charge in [-0.2, -0.15) is 0 Å². The van der Waals surface area contributed by atoms with Crippen molar-refractivity contribution in [1.82, 2.24) is 0 Å². The molecule has 134 valence electrons. The minimum atomic E-state index is -2.00. The lowest BCUT2D eigenvalue weighted by Crippen LogP contribution is -2.42. The molecule has 0 bridgehead atoms. The Kier molecular flexibility index (Phi) is 6.03. The summed E-state index contributed by atoms with van der Waals surface area (Å²) >= 11 is 11.4. The molecule has 0 radical (unpaired) electrons. The van der Waals surface area contributed by atoms with Gasteiger partial charge < -0.3 is 9.84 Å². The van der Waals surface area contributed by atoms with Gasteiger partial charge in [0.25, 0.3) is 0 Å². The molecule has 0 saturated heterocycles. The molecule has 2 rings (SSSR count). The first kappa shape index (κ1) is 19.6. The van der Waals surface area contributed by atoms with Gasteiger partial charge in [-0.05, 0) is 42.3 Å². The van der Waals surface area contributed by atoms with E-state index >= 15 is 0 Å². The molecule has 7 heteroatoms. The number of ether oxygens (including phenoxy) is 1. The molecule has 0 aliphatic rings. The van der Waals surface area contributed by atoms with Crippen molar-refractivity contribution in [3.8, 4) is 0 Å². The van der Waals surface area contributed by atoms with E-state index in [4.69, 9.17) is 27.9 Å². The molecular weight excluding hydrogens is 373 g/mol. The number of carbonyl (C=O) groups is 1. The molecule has 25 heavy (non-hydrogen) atoms. The van der Waals surface area contributed by atoms with Crippen LogP contribution in [0.5, 0.6) is 0 Å². The Labute approximate surface area is 154 Å². The van der Waals surface area contributed by atoms with E-state index in [0.29, 0.717) is 0 Å². The van der Waals surface area contributed by atoms with Crippen LogP contribution in [0.1, 0.15) is 31.4 Å². The number of rotatable bonds is 5. The number of esters is 1. The first-order chi connectivity index (χ1) is 11.7. The van der Waals surface area contributed by atoms with Crippen molar-refractivity contribution in [2.75, 3.05) is 0 Å². The van der Waals surface area contributed by atoms with E-state index in [-0.39, 0.29) is 27.6 Å². The number of carbonyl (C=O) groups excluding carboxylic acids is 1. The van der Waals surface area contributed by atoms with Crippen LogP contribution in [-0.2, 0) is 15.1 Å². The highest BCUT2D eigenvalue weighted by Crippen LogP contribution is 2.37. The summed E-state index contributed by atoms with van der Waals surface area (Å²) < 4.78 is 33.0. The minimum absolute atomic E-state index is 0.0625. The van der Waals surface area contributed by atoms with E-state index in [9.17, 15) is 18.7 Å². The second kappa shape index (κ2) is 7.68. The normalized spacial score (nSPS) is 12.8. The van der Waals surface area contributed by atoms with Gasteiger partial charge in [0.1, 0.15) is 17.7 Å². The van der Waals surface area contributed by atoms with Gasteiger partial charge in [0.05, 0.1) is 10.0 Å². The zero-order valence-electron chi connectivity index (χ0n) is 13.5. The summed E-state index contributed by atoms with van der Waals surface area (Å²) in [6.45, 7) is 3.03. The van der Waals surface area contributed by atoms with Crippen LogP contribution < -0.4 is 0 Å². The standard InChI is InChI=1S/C18H16Cl2F2O3/c1-3-17(23)25-10(2)18(24,11-4-6-13(19)15(21)8-11)12-5-7-14(20)16(22)9-12/h4-10,24H,3H2,1-2H3. The number of hydrogen-bond donors (Lipinski definition) is 1. The summed E-state index contributed by atoms with van der Waals surface area (Å²) in [4.78, 5) is 11.6. The van der Waals surface area contributed by atoms with Gasteiger partial charge in [-0.25, -0.2) is 8.78 Å². The third kappa shape index (κ3) is 3.94. The van der Waals surface area contributed by atoms with Gasteiger partial charge in [0.15, 0.2) is 5.60 Å². The van der Waals surface area contributed by atoms with Gasteiger partial charge in [-0.3, -0.25) is 4.79 Å². The lowest BCUT2D eigenvalue weighted by molar-refractivity contribution is -0.159. The minimum Gasteiger partial charge on any atom is -0.459 e. The quantitative estimate of drug-likeness (QED) is 0.744. The van der Waals surface area contributed by atoms with Crippen molar-refractivity contribution < 1.29 is 23.4 Å². The molecule has 0 spiro atoms. The lowest BCUT2D eigenvalue weighted by atomic mass is 9.82. The highest BCUT2D eigenvalue weighted by atomic mass is 35.5. The van der Waals surface area contributed by atoms with E-state index in [0.717, 1.165) is 12.1 Å². The molecule has 1 N–H and O–H groups in total. The first-order valence-electron chi connectivity index (χ1n) is 7.53. The first-order valence-corrected chi connectivity index (χ1v) is 8.28. The molecule has 0 amide bonds. The zero-order chi connectivity index (χ0) is 18.8. The SMILES string of the molecule is CCC(=O)OC(C)C(O)(c1ccc(Cl)c(F)c1)c1ccc(Cl)c(F)c1. The molecule has 1 unspecified atom stereocenters. The molecular formula is C18H16Cl2F2O3. The fraction of sp³-hybridized carbons (Fsp3) is 0.278. The third-order valence-corrected chi connectivity index (χ3v) is 4.52. The van der Waals surface area contributed by atoms with Crippen LogP contribution in [0.15, 0.2) is 36.4 Å². The van der Waals surface area contributed by atoms with Crippen LogP contribution in [-0.4, -0.2) is 17.2 Å². The summed E-state index contributed by atoms with van der Waals surface area (Å²) in [5.41, 5.74) is -1.87. The van der Waals surface area contributed by atoms with Gasteiger partial charge in [-0.1, -0.05) is 42.3 Å². The Morgan fingerprint density at radius 1 is 1.12 bits per heavy atom. The molecule has 0 saturated carbocycles.